The van der Waals surface area contributed by atoms with Gasteiger partial charge in [0.25, 0.3) is 0 Å². The number of allylic oxidation sites excluding steroid dienone is 1. The fraction of sp³-hybridized carbons (Fsp3) is 0.500. The lowest BCUT2D eigenvalue weighted by Crippen LogP contribution is -2.28. The van der Waals surface area contributed by atoms with Crippen LogP contribution < -0.4 is 9.47 Å². The van der Waals surface area contributed by atoms with E-state index in [9.17, 15) is 10.1 Å². The van der Waals surface area contributed by atoms with Gasteiger partial charge in [-0.3, -0.25) is 10.1 Å². The predicted octanol–water partition coefficient (Wildman–Crippen LogP) is 3.56. The lowest BCUT2D eigenvalue weighted by Gasteiger charge is -2.23. The fourth-order valence-electron chi connectivity index (χ4n) is 2.69. The number of hydrogen-bond donors (Lipinski definition) is 0. The molecule has 1 aromatic carbocycles. The van der Waals surface area contributed by atoms with Crippen molar-refractivity contribution in [1.82, 2.24) is 0 Å². The summed E-state index contributed by atoms with van der Waals surface area (Å²) in [4.78, 5) is 11.1. The first kappa shape index (κ1) is 15.4. The smallest absolute Gasteiger partial charge is 0.223 e. The van der Waals surface area contributed by atoms with Gasteiger partial charge in [-0.05, 0) is 38.0 Å². The Morgan fingerprint density at radius 1 is 1.14 bits per heavy atom. The van der Waals surface area contributed by atoms with E-state index in [4.69, 9.17) is 9.47 Å². The average Bonchev–Trinajstić information content (AvgIpc) is 2.49. The molecule has 21 heavy (non-hydrogen) atoms. The number of benzene rings is 1. The topological polar surface area (TPSA) is 61.6 Å². The minimum atomic E-state index is -0.567. The van der Waals surface area contributed by atoms with Crippen LogP contribution in [0, 0.1) is 10.1 Å². The molecule has 0 N–H and O–H groups in total. The van der Waals surface area contributed by atoms with Crippen LogP contribution >= 0.6 is 0 Å². The maximum atomic E-state index is 11.2. The SMILES string of the molecule is CCOc1ccc(C2CC=CCC2[N+](=O)[O-])cc1OCC. The van der Waals surface area contributed by atoms with Crippen LogP contribution in [-0.2, 0) is 0 Å². The van der Waals surface area contributed by atoms with Crippen LogP contribution in [0.5, 0.6) is 11.5 Å². The van der Waals surface area contributed by atoms with Crippen molar-refractivity contribution >= 4 is 0 Å². The second kappa shape index (κ2) is 7.11. The third kappa shape index (κ3) is 3.54. The third-order valence-electron chi connectivity index (χ3n) is 3.67. The van der Waals surface area contributed by atoms with Crippen molar-refractivity contribution in [2.45, 2.75) is 38.6 Å². The first-order valence-electron chi connectivity index (χ1n) is 7.35. The van der Waals surface area contributed by atoms with Crippen molar-refractivity contribution in [2.24, 2.45) is 0 Å². The first-order chi connectivity index (χ1) is 10.2. The molecule has 0 saturated heterocycles. The van der Waals surface area contributed by atoms with Crippen molar-refractivity contribution in [3.05, 3.63) is 46.0 Å². The molecule has 0 saturated carbocycles. The summed E-state index contributed by atoms with van der Waals surface area (Å²) < 4.78 is 11.1. The summed E-state index contributed by atoms with van der Waals surface area (Å²) in [5.74, 6) is 1.24. The molecule has 5 nitrogen and oxygen atoms in total. The summed E-state index contributed by atoms with van der Waals surface area (Å²) in [5, 5.41) is 11.2. The van der Waals surface area contributed by atoms with E-state index >= 15 is 0 Å². The Balaban J connectivity index is 2.32. The molecule has 5 heteroatoms. The van der Waals surface area contributed by atoms with Crippen molar-refractivity contribution in [2.75, 3.05) is 13.2 Å². The van der Waals surface area contributed by atoms with Crippen LogP contribution in [0.3, 0.4) is 0 Å². The van der Waals surface area contributed by atoms with Gasteiger partial charge in [-0.2, -0.15) is 0 Å². The van der Waals surface area contributed by atoms with Crippen molar-refractivity contribution < 1.29 is 14.4 Å². The van der Waals surface area contributed by atoms with E-state index in [1.165, 1.54) is 0 Å². The molecule has 0 bridgehead atoms. The molecule has 114 valence electrons. The van der Waals surface area contributed by atoms with Crippen molar-refractivity contribution in [1.29, 1.82) is 0 Å². The monoisotopic (exact) mass is 291 g/mol. The van der Waals surface area contributed by atoms with E-state index in [0.717, 1.165) is 5.56 Å². The minimum Gasteiger partial charge on any atom is -0.490 e. The maximum absolute atomic E-state index is 11.2. The largest absolute Gasteiger partial charge is 0.490 e. The van der Waals surface area contributed by atoms with E-state index in [0.29, 0.717) is 37.6 Å². The normalized spacial score (nSPS) is 21.0. The van der Waals surface area contributed by atoms with Crippen LogP contribution in [0.25, 0.3) is 0 Å². The molecule has 0 amide bonds. The van der Waals surface area contributed by atoms with E-state index < -0.39 is 6.04 Å². The van der Waals surface area contributed by atoms with Crippen LogP contribution in [0.2, 0.25) is 0 Å². The second-order valence-corrected chi connectivity index (χ2v) is 4.97. The van der Waals surface area contributed by atoms with E-state index in [1.807, 2.05) is 44.2 Å². The Kier molecular flexibility index (Phi) is 5.20. The van der Waals surface area contributed by atoms with Gasteiger partial charge in [0.2, 0.25) is 6.04 Å². The summed E-state index contributed by atoms with van der Waals surface area (Å²) in [6.45, 7) is 4.92. The lowest BCUT2D eigenvalue weighted by molar-refractivity contribution is -0.526. The second-order valence-electron chi connectivity index (χ2n) is 4.97. The molecule has 2 rings (SSSR count). The summed E-state index contributed by atoms with van der Waals surface area (Å²) in [6, 6.07) is 5.07. The Morgan fingerprint density at radius 3 is 2.48 bits per heavy atom. The molecule has 1 aliphatic carbocycles. The molecule has 0 fully saturated rings. The molecule has 0 spiro atoms. The molecule has 0 heterocycles. The number of rotatable bonds is 6. The zero-order valence-electron chi connectivity index (χ0n) is 12.5. The molecule has 0 aromatic heterocycles. The average molecular weight is 291 g/mol. The summed E-state index contributed by atoms with van der Waals surface area (Å²) in [5.41, 5.74) is 0.938. The van der Waals surface area contributed by atoms with Crippen LogP contribution in [-0.4, -0.2) is 24.2 Å². The Bertz CT molecular complexity index is 527. The van der Waals surface area contributed by atoms with Gasteiger partial charge < -0.3 is 9.47 Å². The zero-order chi connectivity index (χ0) is 15.2. The summed E-state index contributed by atoms with van der Waals surface area (Å²) >= 11 is 0. The molecule has 1 aliphatic rings. The molecular weight excluding hydrogens is 270 g/mol. The fourth-order valence-corrected chi connectivity index (χ4v) is 2.69. The number of nitrogens with zero attached hydrogens (tertiary/aromatic N) is 1. The Hall–Kier alpha value is -2.04. The van der Waals surface area contributed by atoms with Crippen LogP contribution in [0.1, 0.15) is 38.2 Å². The highest BCUT2D eigenvalue weighted by atomic mass is 16.6. The predicted molar refractivity (Wildman–Crippen MR) is 80.7 cm³/mol. The lowest BCUT2D eigenvalue weighted by atomic mass is 9.83. The molecule has 0 radical (unpaired) electrons. The molecule has 2 unspecified atom stereocenters. The summed E-state index contributed by atoms with van der Waals surface area (Å²) in [6.07, 6.45) is 5.07. The van der Waals surface area contributed by atoms with E-state index in [1.54, 1.807) is 0 Å². The molecule has 1 aromatic rings. The Morgan fingerprint density at radius 2 is 1.81 bits per heavy atom. The third-order valence-corrected chi connectivity index (χ3v) is 3.67. The number of nitro groups is 1. The van der Waals surface area contributed by atoms with Crippen molar-refractivity contribution in [3.8, 4) is 11.5 Å². The van der Waals surface area contributed by atoms with E-state index in [2.05, 4.69) is 0 Å². The van der Waals surface area contributed by atoms with Gasteiger partial charge in [-0.1, -0.05) is 18.2 Å². The molecular formula is C16H21NO4. The Labute approximate surface area is 124 Å². The maximum Gasteiger partial charge on any atom is 0.223 e. The van der Waals surface area contributed by atoms with Gasteiger partial charge in [0.1, 0.15) is 0 Å². The van der Waals surface area contributed by atoms with Gasteiger partial charge in [0, 0.05) is 11.3 Å². The van der Waals surface area contributed by atoms with Gasteiger partial charge in [-0.25, -0.2) is 0 Å². The van der Waals surface area contributed by atoms with Gasteiger partial charge in [-0.15, -0.1) is 0 Å². The van der Waals surface area contributed by atoms with Gasteiger partial charge >= 0.3 is 0 Å². The highest BCUT2D eigenvalue weighted by Gasteiger charge is 2.33. The van der Waals surface area contributed by atoms with Crippen molar-refractivity contribution in [3.63, 3.8) is 0 Å². The quantitative estimate of drug-likeness (QED) is 0.457. The zero-order valence-corrected chi connectivity index (χ0v) is 12.5. The molecule has 2 atom stereocenters. The van der Waals surface area contributed by atoms with Gasteiger partial charge in [0.05, 0.1) is 19.1 Å². The standard InChI is InChI=1S/C16H21NO4/c1-3-20-15-10-9-12(11-16(15)21-4-2)13-7-5-6-8-14(13)17(18)19/h5-6,9-11,13-14H,3-4,7-8H2,1-2H3. The van der Waals surface area contributed by atoms with Crippen LogP contribution in [0.4, 0.5) is 0 Å². The number of hydrogen-bond acceptors (Lipinski definition) is 4. The molecule has 0 aliphatic heterocycles. The number of ether oxygens (including phenoxy) is 2. The summed E-state index contributed by atoms with van der Waals surface area (Å²) in [7, 11) is 0. The highest BCUT2D eigenvalue weighted by Crippen LogP contribution is 2.36. The first-order valence-corrected chi connectivity index (χ1v) is 7.35. The van der Waals surface area contributed by atoms with Crippen LogP contribution in [0.15, 0.2) is 30.4 Å². The highest BCUT2D eigenvalue weighted by molar-refractivity contribution is 5.44. The van der Waals surface area contributed by atoms with Gasteiger partial charge in [0.15, 0.2) is 11.5 Å². The minimum absolute atomic E-state index is 0.111. The van der Waals surface area contributed by atoms with E-state index in [-0.39, 0.29) is 10.8 Å².